The second-order valence-corrected chi connectivity index (χ2v) is 9.48. The lowest BCUT2D eigenvalue weighted by Gasteiger charge is -2.38. The fourth-order valence-corrected chi connectivity index (χ4v) is 5.73. The number of aromatic nitrogens is 2. The van der Waals surface area contributed by atoms with Gasteiger partial charge in [0.25, 0.3) is 0 Å². The van der Waals surface area contributed by atoms with Crippen molar-refractivity contribution in [1.82, 2.24) is 24.9 Å². The molecule has 1 aromatic carbocycles. The summed E-state index contributed by atoms with van der Waals surface area (Å²) in [6.45, 7) is 7.88. The van der Waals surface area contributed by atoms with Gasteiger partial charge in [0.05, 0.1) is 23.3 Å². The molecule has 1 amide bonds. The molecule has 3 aliphatic rings. The summed E-state index contributed by atoms with van der Waals surface area (Å²) in [6.07, 6.45) is 0.932. The molecule has 0 radical (unpaired) electrons. The van der Waals surface area contributed by atoms with Gasteiger partial charge in [0.15, 0.2) is 0 Å². The summed E-state index contributed by atoms with van der Waals surface area (Å²) in [6, 6.07) is 13.0. The highest BCUT2D eigenvalue weighted by molar-refractivity contribution is 8.93. The second-order valence-electron chi connectivity index (χ2n) is 8.40. The fraction of sp³-hybridized carbons (Fsp3) is 0.545. The summed E-state index contributed by atoms with van der Waals surface area (Å²) >= 11 is 1.85. The Morgan fingerprint density at radius 3 is 2.61 bits per heavy atom. The van der Waals surface area contributed by atoms with Gasteiger partial charge < -0.3 is 15.1 Å². The zero-order valence-electron chi connectivity index (χ0n) is 17.9. The molecule has 0 bridgehead atoms. The predicted molar refractivity (Wildman–Crippen MR) is 132 cm³/mol. The third-order valence-electron chi connectivity index (χ3n) is 6.44. The van der Waals surface area contributed by atoms with E-state index in [0.29, 0.717) is 11.9 Å². The lowest BCUT2D eigenvalue weighted by molar-refractivity contribution is -0.131. The van der Waals surface area contributed by atoms with Crippen LogP contribution in [-0.4, -0.2) is 88.5 Å². The number of rotatable bonds is 4. The third kappa shape index (κ3) is 4.79. The Morgan fingerprint density at radius 2 is 1.90 bits per heavy atom. The first kappa shape index (κ1) is 22.6. The van der Waals surface area contributed by atoms with Crippen LogP contribution in [0.1, 0.15) is 12.1 Å². The maximum Gasteiger partial charge on any atom is 0.240 e. The third-order valence-corrected chi connectivity index (χ3v) is 7.40. The smallest absolute Gasteiger partial charge is 0.240 e. The van der Waals surface area contributed by atoms with Crippen molar-refractivity contribution >= 4 is 40.5 Å². The van der Waals surface area contributed by atoms with Crippen LogP contribution in [0.4, 0.5) is 5.82 Å². The molecule has 9 heteroatoms. The van der Waals surface area contributed by atoms with E-state index < -0.39 is 0 Å². The number of nitrogens with one attached hydrogen (secondary N) is 1. The first-order valence-electron chi connectivity index (χ1n) is 10.9. The van der Waals surface area contributed by atoms with E-state index in [-0.39, 0.29) is 23.0 Å². The molecule has 0 spiro atoms. The summed E-state index contributed by atoms with van der Waals surface area (Å²) < 4.78 is 2.06. The van der Waals surface area contributed by atoms with Gasteiger partial charge in [-0.1, -0.05) is 18.2 Å². The maximum absolute atomic E-state index is 12.7. The molecule has 5 rings (SSSR count). The van der Waals surface area contributed by atoms with Gasteiger partial charge in [-0.15, -0.1) is 28.7 Å². The number of halogens is 1. The Labute approximate surface area is 198 Å². The molecule has 3 saturated heterocycles. The van der Waals surface area contributed by atoms with Crippen molar-refractivity contribution in [3.05, 3.63) is 42.1 Å². The van der Waals surface area contributed by atoms with Crippen LogP contribution in [0.3, 0.4) is 0 Å². The highest BCUT2D eigenvalue weighted by Gasteiger charge is 2.36. The predicted octanol–water partition coefficient (Wildman–Crippen LogP) is 2.14. The van der Waals surface area contributed by atoms with Gasteiger partial charge >= 0.3 is 0 Å². The average Bonchev–Trinajstić information content (AvgIpc) is 3.55. The molecule has 3 aliphatic heterocycles. The van der Waals surface area contributed by atoms with E-state index in [2.05, 4.69) is 57.1 Å². The molecule has 1 aromatic heterocycles. The Morgan fingerprint density at radius 1 is 1.13 bits per heavy atom. The van der Waals surface area contributed by atoms with Gasteiger partial charge in [0, 0.05) is 57.1 Å². The molecule has 4 heterocycles. The minimum absolute atomic E-state index is 0. The number of aryl methyl sites for hydroxylation is 1. The van der Waals surface area contributed by atoms with Gasteiger partial charge in [-0.25, -0.2) is 4.68 Å². The zero-order chi connectivity index (χ0) is 20.5. The number of para-hydroxylation sites is 1. The molecule has 0 aliphatic carbocycles. The van der Waals surface area contributed by atoms with E-state index in [1.165, 1.54) is 5.82 Å². The van der Waals surface area contributed by atoms with Crippen molar-refractivity contribution in [1.29, 1.82) is 0 Å². The maximum atomic E-state index is 12.7. The Bertz CT molecular complexity index is 879. The number of anilines is 1. The summed E-state index contributed by atoms with van der Waals surface area (Å²) in [7, 11) is 0. The van der Waals surface area contributed by atoms with Crippen LogP contribution in [0.25, 0.3) is 5.69 Å². The number of hydrogen-bond acceptors (Lipinski definition) is 6. The molecule has 0 saturated carbocycles. The van der Waals surface area contributed by atoms with Crippen molar-refractivity contribution in [3.63, 3.8) is 0 Å². The van der Waals surface area contributed by atoms with Gasteiger partial charge in [0.2, 0.25) is 5.91 Å². The van der Waals surface area contributed by atoms with Gasteiger partial charge in [-0.2, -0.15) is 5.10 Å². The van der Waals surface area contributed by atoms with Crippen LogP contribution < -0.4 is 10.2 Å². The molecular formula is C22H31BrN6OS. The van der Waals surface area contributed by atoms with E-state index in [9.17, 15) is 4.79 Å². The zero-order valence-corrected chi connectivity index (χ0v) is 20.5. The van der Waals surface area contributed by atoms with E-state index in [0.717, 1.165) is 68.7 Å². The molecule has 2 atom stereocenters. The minimum atomic E-state index is -0.00566. The topological polar surface area (TPSA) is 56.6 Å². The number of carbonyl (C=O) groups is 1. The fourth-order valence-electron chi connectivity index (χ4n) is 4.78. The lowest BCUT2D eigenvalue weighted by atomic mass is 10.1. The molecule has 3 fully saturated rings. The Hall–Kier alpha value is -1.55. The quantitative estimate of drug-likeness (QED) is 0.685. The van der Waals surface area contributed by atoms with Crippen molar-refractivity contribution in [3.8, 4) is 5.69 Å². The minimum Gasteiger partial charge on any atom is -0.354 e. The number of piperazine rings is 1. The van der Waals surface area contributed by atoms with E-state index in [4.69, 9.17) is 5.10 Å². The molecule has 31 heavy (non-hydrogen) atoms. The van der Waals surface area contributed by atoms with Crippen molar-refractivity contribution < 1.29 is 4.79 Å². The molecule has 7 nitrogen and oxygen atoms in total. The van der Waals surface area contributed by atoms with Crippen LogP contribution >= 0.6 is 28.7 Å². The molecule has 1 unspecified atom stereocenters. The largest absolute Gasteiger partial charge is 0.354 e. The van der Waals surface area contributed by atoms with Crippen LogP contribution in [0, 0.1) is 6.92 Å². The number of thioether (sulfide) groups is 1. The first-order valence-corrected chi connectivity index (χ1v) is 12.1. The Kier molecular flexibility index (Phi) is 7.26. The van der Waals surface area contributed by atoms with Gasteiger partial charge in [-0.05, 0) is 25.5 Å². The summed E-state index contributed by atoms with van der Waals surface area (Å²) in [4.78, 5) is 19.7. The highest BCUT2D eigenvalue weighted by atomic mass is 79.9. The van der Waals surface area contributed by atoms with Crippen molar-refractivity contribution in [2.45, 2.75) is 25.4 Å². The van der Waals surface area contributed by atoms with E-state index in [1.807, 2.05) is 22.7 Å². The van der Waals surface area contributed by atoms with Gasteiger partial charge in [0.1, 0.15) is 5.82 Å². The summed E-state index contributed by atoms with van der Waals surface area (Å²) in [5.74, 6) is 3.39. The second kappa shape index (κ2) is 9.94. The van der Waals surface area contributed by atoms with Crippen LogP contribution in [0.5, 0.6) is 0 Å². The number of benzene rings is 1. The lowest BCUT2D eigenvalue weighted by Crippen LogP contribution is -2.51. The molecule has 168 valence electrons. The summed E-state index contributed by atoms with van der Waals surface area (Å²) in [5, 5.41) is 8.21. The molecule has 1 N–H and O–H groups in total. The summed E-state index contributed by atoms with van der Waals surface area (Å²) in [5.41, 5.74) is 2.14. The van der Waals surface area contributed by atoms with Crippen molar-refractivity contribution in [2.24, 2.45) is 0 Å². The normalized spacial score (nSPS) is 24.4. The van der Waals surface area contributed by atoms with Crippen molar-refractivity contribution in [2.75, 3.05) is 55.8 Å². The number of carbonyl (C=O) groups excluding carboxylic acids is 1. The number of nitrogens with zero attached hydrogens (tertiary/aromatic N) is 5. The average molecular weight is 508 g/mol. The van der Waals surface area contributed by atoms with Crippen LogP contribution in [0.2, 0.25) is 0 Å². The van der Waals surface area contributed by atoms with E-state index >= 15 is 0 Å². The SMILES string of the molecule is Br.Cc1cc(N2CCN([C@@H]3CNC(C(=O)N4CCSC4)C3)CC2)n(-c2ccccc2)n1. The van der Waals surface area contributed by atoms with E-state index in [1.54, 1.807) is 0 Å². The Balaban J connectivity index is 0.00000231. The van der Waals surface area contributed by atoms with Gasteiger partial charge in [-0.3, -0.25) is 9.69 Å². The molecular weight excluding hydrogens is 476 g/mol. The first-order chi connectivity index (χ1) is 14.7. The number of amides is 1. The van der Waals surface area contributed by atoms with Crippen LogP contribution in [0.15, 0.2) is 36.4 Å². The van der Waals surface area contributed by atoms with Crippen LogP contribution in [-0.2, 0) is 4.79 Å². The monoisotopic (exact) mass is 506 g/mol. The highest BCUT2D eigenvalue weighted by Crippen LogP contribution is 2.25. The standard InChI is InChI=1S/C22H30N6OS.BrH/c1-17-13-21(28(24-17)18-5-3-2-4-6-18)26-9-7-25(8-10-26)19-14-20(23-15-19)22(29)27-11-12-30-16-27;/h2-6,13,19-20,23H,7-12,14-16H2,1H3;1H/t19-,20?;/m0./s1. The molecule has 2 aromatic rings. The number of hydrogen-bond donors (Lipinski definition) is 1.